The molecule has 0 aliphatic heterocycles. The molecule has 0 bridgehead atoms. The Kier molecular flexibility index (Phi) is 3.81. The second-order valence-corrected chi connectivity index (χ2v) is 6.53. The molecule has 3 rings (SSSR count). The van der Waals surface area contributed by atoms with E-state index in [0.29, 0.717) is 6.54 Å². The van der Waals surface area contributed by atoms with E-state index in [4.69, 9.17) is 5.73 Å². The van der Waals surface area contributed by atoms with Gasteiger partial charge in [0.2, 0.25) is 0 Å². The first-order valence-electron chi connectivity index (χ1n) is 7.14. The molecule has 0 spiro atoms. The third-order valence-corrected chi connectivity index (χ3v) is 4.99. The van der Waals surface area contributed by atoms with Crippen molar-refractivity contribution in [2.45, 2.75) is 49.4 Å². The maximum atomic E-state index is 5.89. The van der Waals surface area contributed by atoms with E-state index < -0.39 is 0 Å². The number of rotatable bonds is 3. The summed E-state index contributed by atoms with van der Waals surface area (Å²) in [6.45, 7) is 4.63. The smallest absolute Gasteiger partial charge is 0.0432 e. The maximum Gasteiger partial charge on any atom is 0.0432 e. The molecule has 104 valence electrons. The molecule has 1 aromatic carbocycles. The first kappa shape index (κ1) is 13.7. The minimum Gasteiger partial charge on any atom is -0.326 e. The lowest BCUT2D eigenvalue weighted by Crippen LogP contribution is -2.04. The molecule has 3 heteroatoms. The number of fused-ring (bicyclic) bond motifs is 1. The summed E-state index contributed by atoms with van der Waals surface area (Å²) in [6.07, 6.45) is 3.76. The molecule has 0 atom stereocenters. The van der Waals surface area contributed by atoms with Crippen LogP contribution in [0.3, 0.4) is 0 Å². The zero-order valence-corrected chi connectivity index (χ0v) is 12.9. The van der Waals surface area contributed by atoms with Gasteiger partial charge in [0.15, 0.2) is 0 Å². The summed E-state index contributed by atoms with van der Waals surface area (Å²) >= 11 is 1.81. The van der Waals surface area contributed by atoms with Crippen LogP contribution in [0.15, 0.2) is 34.1 Å². The predicted octanol–water partition coefficient (Wildman–Crippen LogP) is 3.80. The highest BCUT2D eigenvalue weighted by molar-refractivity contribution is 7.99. The summed E-state index contributed by atoms with van der Waals surface area (Å²) in [6, 6.07) is 9.01. The van der Waals surface area contributed by atoms with Gasteiger partial charge in [0.25, 0.3) is 0 Å². The van der Waals surface area contributed by atoms with Crippen LogP contribution in [-0.2, 0) is 19.4 Å². The average Bonchev–Trinajstić information content (AvgIpc) is 2.85. The third-order valence-electron chi connectivity index (χ3n) is 3.92. The Morgan fingerprint density at radius 1 is 1.15 bits per heavy atom. The SMILES string of the molecule is Cc1cc(Sc2ccc3c(c2)CCC3)c(CN)c(C)n1. The lowest BCUT2D eigenvalue weighted by Gasteiger charge is -2.12. The normalized spacial score (nSPS) is 13.6. The van der Waals surface area contributed by atoms with Gasteiger partial charge in [-0.3, -0.25) is 4.98 Å². The molecule has 0 saturated carbocycles. The lowest BCUT2D eigenvalue weighted by atomic mass is 10.1. The molecule has 2 aromatic rings. The van der Waals surface area contributed by atoms with Crippen molar-refractivity contribution in [3.05, 3.63) is 52.3 Å². The molecule has 0 radical (unpaired) electrons. The number of hydrogen-bond acceptors (Lipinski definition) is 3. The Bertz CT molecular complexity index is 650. The summed E-state index contributed by atoms with van der Waals surface area (Å²) in [5, 5.41) is 0. The molecular weight excluding hydrogens is 264 g/mol. The van der Waals surface area contributed by atoms with Gasteiger partial charge in [0, 0.05) is 33.3 Å². The van der Waals surface area contributed by atoms with Gasteiger partial charge >= 0.3 is 0 Å². The van der Waals surface area contributed by atoms with Crippen LogP contribution in [0.5, 0.6) is 0 Å². The van der Waals surface area contributed by atoms with Gasteiger partial charge in [-0.05, 0) is 62.4 Å². The topological polar surface area (TPSA) is 38.9 Å². The van der Waals surface area contributed by atoms with Gasteiger partial charge in [0.1, 0.15) is 0 Å². The summed E-state index contributed by atoms with van der Waals surface area (Å²) in [7, 11) is 0. The molecule has 1 aliphatic carbocycles. The zero-order valence-electron chi connectivity index (χ0n) is 12.1. The van der Waals surface area contributed by atoms with Crippen LogP contribution in [0.1, 0.15) is 34.5 Å². The number of hydrogen-bond donors (Lipinski definition) is 1. The molecule has 0 saturated heterocycles. The van der Waals surface area contributed by atoms with Crippen LogP contribution in [0.4, 0.5) is 0 Å². The van der Waals surface area contributed by atoms with E-state index in [-0.39, 0.29) is 0 Å². The first-order chi connectivity index (χ1) is 9.67. The first-order valence-corrected chi connectivity index (χ1v) is 7.96. The van der Waals surface area contributed by atoms with Crippen molar-refractivity contribution in [3.8, 4) is 0 Å². The van der Waals surface area contributed by atoms with E-state index in [1.54, 1.807) is 0 Å². The van der Waals surface area contributed by atoms with Gasteiger partial charge in [-0.1, -0.05) is 17.8 Å². The average molecular weight is 284 g/mol. The van der Waals surface area contributed by atoms with Gasteiger partial charge in [-0.15, -0.1) is 0 Å². The van der Waals surface area contributed by atoms with Crippen LogP contribution >= 0.6 is 11.8 Å². The van der Waals surface area contributed by atoms with E-state index in [1.165, 1.54) is 45.7 Å². The molecule has 1 heterocycles. The van der Waals surface area contributed by atoms with E-state index in [0.717, 1.165) is 11.4 Å². The van der Waals surface area contributed by atoms with Crippen molar-refractivity contribution in [2.24, 2.45) is 5.73 Å². The van der Waals surface area contributed by atoms with Gasteiger partial charge in [0.05, 0.1) is 0 Å². The van der Waals surface area contributed by atoms with Crippen molar-refractivity contribution in [1.82, 2.24) is 4.98 Å². The Hall–Kier alpha value is -1.32. The summed E-state index contributed by atoms with van der Waals surface area (Å²) in [5.41, 5.74) is 12.2. The molecule has 20 heavy (non-hydrogen) atoms. The molecule has 2 nitrogen and oxygen atoms in total. The Morgan fingerprint density at radius 2 is 1.95 bits per heavy atom. The number of nitrogens with zero attached hydrogens (tertiary/aromatic N) is 1. The zero-order chi connectivity index (χ0) is 14.1. The Balaban J connectivity index is 1.95. The van der Waals surface area contributed by atoms with Crippen molar-refractivity contribution in [2.75, 3.05) is 0 Å². The summed E-state index contributed by atoms with van der Waals surface area (Å²) in [5.74, 6) is 0. The Labute approximate surface area is 124 Å². The van der Waals surface area contributed by atoms with Crippen LogP contribution < -0.4 is 5.73 Å². The van der Waals surface area contributed by atoms with E-state index in [2.05, 4.69) is 29.2 Å². The lowest BCUT2D eigenvalue weighted by molar-refractivity contribution is 0.911. The third kappa shape index (κ3) is 2.60. The van der Waals surface area contributed by atoms with Crippen molar-refractivity contribution >= 4 is 11.8 Å². The highest BCUT2D eigenvalue weighted by Crippen LogP contribution is 2.34. The monoisotopic (exact) mass is 284 g/mol. The molecule has 2 N–H and O–H groups in total. The van der Waals surface area contributed by atoms with E-state index in [9.17, 15) is 0 Å². The highest BCUT2D eigenvalue weighted by Gasteiger charge is 2.13. The molecule has 0 fully saturated rings. The fourth-order valence-corrected chi connectivity index (χ4v) is 4.07. The van der Waals surface area contributed by atoms with Crippen LogP contribution in [0.2, 0.25) is 0 Å². The fraction of sp³-hybridized carbons (Fsp3) is 0.353. The maximum absolute atomic E-state index is 5.89. The minimum atomic E-state index is 0.548. The standard InChI is InChI=1S/C17H20N2S/c1-11-8-17(16(10-18)12(2)19-11)20-15-7-6-13-4-3-5-14(13)9-15/h6-9H,3-5,10,18H2,1-2H3. The summed E-state index contributed by atoms with van der Waals surface area (Å²) in [4.78, 5) is 7.07. The van der Waals surface area contributed by atoms with Gasteiger partial charge < -0.3 is 5.73 Å². The largest absolute Gasteiger partial charge is 0.326 e. The number of benzene rings is 1. The number of aryl methyl sites for hydroxylation is 4. The van der Waals surface area contributed by atoms with Crippen LogP contribution in [0.25, 0.3) is 0 Å². The molecule has 0 amide bonds. The molecule has 1 aromatic heterocycles. The number of nitrogens with two attached hydrogens (primary N) is 1. The molecule has 1 aliphatic rings. The van der Waals surface area contributed by atoms with Crippen molar-refractivity contribution < 1.29 is 0 Å². The quantitative estimate of drug-likeness (QED) is 0.932. The van der Waals surface area contributed by atoms with Crippen molar-refractivity contribution in [3.63, 3.8) is 0 Å². The second-order valence-electron chi connectivity index (χ2n) is 5.42. The van der Waals surface area contributed by atoms with Crippen LogP contribution in [0, 0.1) is 13.8 Å². The highest BCUT2D eigenvalue weighted by atomic mass is 32.2. The minimum absolute atomic E-state index is 0.548. The Morgan fingerprint density at radius 3 is 2.75 bits per heavy atom. The number of aromatic nitrogens is 1. The van der Waals surface area contributed by atoms with Crippen LogP contribution in [-0.4, -0.2) is 4.98 Å². The number of pyridine rings is 1. The van der Waals surface area contributed by atoms with E-state index in [1.807, 2.05) is 25.6 Å². The van der Waals surface area contributed by atoms with E-state index >= 15 is 0 Å². The fourth-order valence-electron chi connectivity index (χ4n) is 2.90. The summed E-state index contributed by atoms with van der Waals surface area (Å²) < 4.78 is 0. The van der Waals surface area contributed by atoms with Crippen molar-refractivity contribution in [1.29, 1.82) is 0 Å². The van der Waals surface area contributed by atoms with Gasteiger partial charge in [-0.2, -0.15) is 0 Å². The predicted molar refractivity (Wildman–Crippen MR) is 84.2 cm³/mol. The molecule has 0 unspecified atom stereocenters. The van der Waals surface area contributed by atoms with Gasteiger partial charge in [-0.25, -0.2) is 0 Å². The molecular formula is C17H20N2S. The second kappa shape index (κ2) is 5.58.